The van der Waals surface area contributed by atoms with E-state index >= 15 is 0 Å². The molecular formula is C10H11BrN2O. The quantitative estimate of drug-likeness (QED) is 0.878. The van der Waals surface area contributed by atoms with Crippen molar-refractivity contribution in [3.8, 4) is 0 Å². The van der Waals surface area contributed by atoms with Gasteiger partial charge in [-0.3, -0.25) is 4.79 Å². The molecule has 1 aromatic heterocycles. The van der Waals surface area contributed by atoms with E-state index in [-0.39, 0.29) is 5.91 Å². The standard InChI is InChI=1S/C10H11BrN2O/c1-6-4-9(12-5-8(6)11)10(14)13-7-2-3-7/h4-5,7H,2-3H2,1H3,(H,13,14). The molecule has 0 saturated heterocycles. The molecule has 1 amide bonds. The molecule has 0 bridgehead atoms. The molecule has 2 rings (SSSR count). The highest BCUT2D eigenvalue weighted by Crippen LogP contribution is 2.20. The van der Waals surface area contributed by atoms with E-state index in [4.69, 9.17) is 0 Å². The minimum absolute atomic E-state index is 0.0666. The van der Waals surface area contributed by atoms with Gasteiger partial charge in [0.15, 0.2) is 0 Å². The minimum atomic E-state index is -0.0666. The number of pyridine rings is 1. The van der Waals surface area contributed by atoms with Crippen LogP contribution < -0.4 is 5.32 Å². The molecule has 0 atom stereocenters. The number of nitrogens with zero attached hydrogens (tertiary/aromatic N) is 1. The number of halogens is 1. The van der Waals surface area contributed by atoms with E-state index in [1.165, 1.54) is 0 Å². The Morgan fingerprint density at radius 2 is 2.36 bits per heavy atom. The van der Waals surface area contributed by atoms with Crippen LogP contribution in [-0.2, 0) is 0 Å². The normalized spacial score (nSPS) is 15.3. The minimum Gasteiger partial charge on any atom is -0.348 e. The number of nitrogens with one attached hydrogen (secondary N) is 1. The van der Waals surface area contributed by atoms with Crippen molar-refractivity contribution in [3.63, 3.8) is 0 Å². The van der Waals surface area contributed by atoms with Gasteiger partial charge in [0.05, 0.1) is 0 Å². The van der Waals surface area contributed by atoms with Crippen LogP contribution in [-0.4, -0.2) is 16.9 Å². The van der Waals surface area contributed by atoms with E-state index in [0.717, 1.165) is 22.9 Å². The molecular weight excluding hydrogens is 244 g/mol. The van der Waals surface area contributed by atoms with Gasteiger partial charge in [0, 0.05) is 16.7 Å². The number of rotatable bonds is 2. The maximum absolute atomic E-state index is 11.6. The lowest BCUT2D eigenvalue weighted by atomic mass is 10.2. The molecule has 1 aromatic rings. The summed E-state index contributed by atoms with van der Waals surface area (Å²) in [6.45, 7) is 1.94. The van der Waals surface area contributed by atoms with Crippen molar-refractivity contribution in [1.29, 1.82) is 0 Å². The molecule has 4 heteroatoms. The van der Waals surface area contributed by atoms with Gasteiger partial charge in [0.25, 0.3) is 5.91 Å². The molecule has 0 unspecified atom stereocenters. The lowest BCUT2D eigenvalue weighted by molar-refractivity contribution is 0.0946. The molecule has 1 aliphatic rings. The van der Waals surface area contributed by atoms with Crippen LogP contribution in [0.5, 0.6) is 0 Å². The number of aryl methyl sites for hydroxylation is 1. The second-order valence-electron chi connectivity index (χ2n) is 3.57. The molecule has 1 fully saturated rings. The molecule has 1 N–H and O–H groups in total. The Morgan fingerprint density at radius 1 is 1.64 bits per heavy atom. The number of hydrogen-bond donors (Lipinski definition) is 1. The number of amides is 1. The van der Waals surface area contributed by atoms with Gasteiger partial charge in [-0.25, -0.2) is 4.98 Å². The summed E-state index contributed by atoms with van der Waals surface area (Å²) in [5.41, 5.74) is 1.53. The fraction of sp³-hybridized carbons (Fsp3) is 0.400. The average Bonchev–Trinajstić information content (AvgIpc) is 2.93. The van der Waals surface area contributed by atoms with Gasteiger partial charge < -0.3 is 5.32 Å². The maximum atomic E-state index is 11.6. The van der Waals surface area contributed by atoms with Crippen molar-refractivity contribution in [3.05, 3.63) is 28.0 Å². The van der Waals surface area contributed by atoms with Crippen LogP contribution in [0.1, 0.15) is 28.9 Å². The fourth-order valence-corrected chi connectivity index (χ4v) is 1.37. The van der Waals surface area contributed by atoms with Gasteiger partial charge in [-0.05, 0) is 47.3 Å². The molecule has 0 aromatic carbocycles. The molecule has 1 aliphatic carbocycles. The third-order valence-electron chi connectivity index (χ3n) is 2.19. The van der Waals surface area contributed by atoms with E-state index in [0.29, 0.717) is 11.7 Å². The van der Waals surface area contributed by atoms with Crippen molar-refractivity contribution in [2.45, 2.75) is 25.8 Å². The highest BCUT2D eigenvalue weighted by atomic mass is 79.9. The van der Waals surface area contributed by atoms with E-state index in [1.54, 1.807) is 12.3 Å². The average molecular weight is 255 g/mol. The van der Waals surface area contributed by atoms with Crippen LogP contribution in [0.2, 0.25) is 0 Å². The van der Waals surface area contributed by atoms with Crippen molar-refractivity contribution < 1.29 is 4.79 Å². The Balaban J connectivity index is 2.14. The van der Waals surface area contributed by atoms with Gasteiger partial charge in [0.1, 0.15) is 5.69 Å². The van der Waals surface area contributed by atoms with Gasteiger partial charge in [-0.15, -0.1) is 0 Å². The van der Waals surface area contributed by atoms with E-state index < -0.39 is 0 Å². The van der Waals surface area contributed by atoms with Crippen molar-refractivity contribution in [2.24, 2.45) is 0 Å². The van der Waals surface area contributed by atoms with Crippen LogP contribution in [0.3, 0.4) is 0 Å². The lowest BCUT2D eigenvalue weighted by Gasteiger charge is -2.03. The molecule has 3 nitrogen and oxygen atoms in total. The molecule has 14 heavy (non-hydrogen) atoms. The molecule has 1 saturated carbocycles. The van der Waals surface area contributed by atoms with Crippen molar-refractivity contribution in [2.75, 3.05) is 0 Å². The first-order valence-electron chi connectivity index (χ1n) is 4.60. The Hall–Kier alpha value is -0.900. The summed E-state index contributed by atoms with van der Waals surface area (Å²) < 4.78 is 0.931. The highest BCUT2D eigenvalue weighted by Gasteiger charge is 2.24. The van der Waals surface area contributed by atoms with E-state index in [9.17, 15) is 4.79 Å². The van der Waals surface area contributed by atoms with Gasteiger partial charge in [0.2, 0.25) is 0 Å². The zero-order valence-corrected chi connectivity index (χ0v) is 9.47. The van der Waals surface area contributed by atoms with Crippen LogP contribution in [0.25, 0.3) is 0 Å². The number of carbonyl (C=O) groups excluding carboxylic acids is 1. The zero-order valence-electron chi connectivity index (χ0n) is 7.88. The number of carbonyl (C=O) groups is 1. The first kappa shape index (κ1) is 9.65. The van der Waals surface area contributed by atoms with Crippen molar-refractivity contribution >= 4 is 21.8 Å². The molecule has 74 valence electrons. The molecule has 0 spiro atoms. The molecule has 0 radical (unpaired) electrons. The van der Waals surface area contributed by atoms with Crippen molar-refractivity contribution in [1.82, 2.24) is 10.3 Å². The third-order valence-corrected chi connectivity index (χ3v) is 3.02. The summed E-state index contributed by atoms with van der Waals surface area (Å²) in [7, 11) is 0. The third kappa shape index (κ3) is 2.12. The summed E-state index contributed by atoms with van der Waals surface area (Å²) in [6.07, 6.45) is 3.86. The number of aromatic nitrogens is 1. The fourth-order valence-electron chi connectivity index (χ4n) is 1.15. The summed E-state index contributed by atoms with van der Waals surface area (Å²) >= 11 is 3.35. The highest BCUT2D eigenvalue weighted by molar-refractivity contribution is 9.10. The molecule has 0 aliphatic heterocycles. The second kappa shape index (κ2) is 3.69. The Kier molecular flexibility index (Phi) is 2.54. The van der Waals surface area contributed by atoms with Crippen LogP contribution >= 0.6 is 15.9 Å². The predicted molar refractivity (Wildman–Crippen MR) is 57.2 cm³/mol. The van der Waals surface area contributed by atoms with Gasteiger partial charge in [-0.1, -0.05) is 0 Å². The zero-order chi connectivity index (χ0) is 10.1. The Labute approximate surface area is 91.0 Å². The molecule has 1 heterocycles. The van der Waals surface area contributed by atoms with E-state index in [2.05, 4.69) is 26.2 Å². The van der Waals surface area contributed by atoms with Crippen LogP contribution in [0.4, 0.5) is 0 Å². The largest absolute Gasteiger partial charge is 0.348 e. The topological polar surface area (TPSA) is 42.0 Å². The smallest absolute Gasteiger partial charge is 0.270 e. The van der Waals surface area contributed by atoms with E-state index in [1.807, 2.05) is 6.92 Å². The SMILES string of the molecule is Cc1cc(C(=O)NC2CC2)ncc1Br. The predicted octanol–water partition coefficient (Wildman–Crippen LogP) is 2.04. The Bertz CT molecular complexity index is 374. The summed E-state index contributed by atoms with van der Waals surface area (Å²) in [4.78, 5) is 15.6. The number of hydrogen-bond acceptors (Lipinski definition) is 2. The Morgan fingerprint density at radius 3 is 2.93 bits per heavy atom. The van der Waals surface area contributed by atoms with Crippen LogP contribution in [0, 0.1) is 6.92 Å². The summed E-state index contributed by atoms with van der Waals surface area (Å²) in [6, 6.07) is 2.18. The van der Waals surface area contributed by atoms with Gasteiger partial charge >= 0.3 is 0 Å². The monoisotopic (exact) mass is 254 g/mol. The maximum Gasteiger partial charge on any atom is 0.270 e. The van der Waals surface area contributed by atoms with Crippen LogP contribution in [0.15, 0.2) is 16.7 Å². The second-order valence-corrected chi connectivity index (χ2v) is 4.42. The lowest BCUT2D eigenvalue weighted by Crippen LogP contribution is -2.26. The first-order valence-corrected chi connectivity index (χ1v) is 5.39. The van der Waals surface area contributed by atoms with Gasteiger partial charge in [-0.2, -0.15) is 0 Å². The summed E-state index contributed by atoms with van der Waals surface area (Å²) in [5.74, 6) is -0.0666. The first-order chi connectivity index (χ1) is 6.66. The summed E-state index contributed by atoms with van der Waals surface area (Å²) in [5, 5.41) is 2.90.